The molecule has 0 saturated heterocycles. The van der Waals surface area contributed by atoms with Crippen LogP contribution in [-0.4, -0.2) is 23.9 Å². The first-order valence-electron chi connectivity index (χ1n) is 7.86. The molecule has 0 saturated carbocycles. The van der Waals surface area contributed by atoms with Gasteiger partial charge in [-0.15, -0.1) is 0 Å². The van der Waals surface area contributed by atoms with E-state index in [0.717, 1.165) is 4.47 Å². The number of rotatable bonds is 6. The zero-order chi connectivity index (χ0) is 19.2. The van der Waals surface area contributed by atoms with Gasteiger partial charge in [0, 0.05) is 10.7 Å². The number of aromatic amines is 1. The number of para-hydroxylation sites is 2. The maximum absolute atomic E-state index is 12.1. The monoisotopic (exact) mass is 433 g/mol. The molecule has 0 bridgehead atoms. The summed E-state index contributed by atoms with van der Waals surface area (Å²) in [6, 6.07) is 11.9. The number of nitrogens with one attached hydrogen (secondary N) is 3. The number of amides is 2. The largest absolute Gasteiger partial charge is 0.493 e. The number of methoxy groups -OCH3 is 1. The van der Waals surface area contributed by atoms with Crippen LogP contribution in [0, 0.1) is 0 Å². The minimum Gasteiger partial charge on any atom is -0.493 e. The van der Waals surface area contributed by atoms with Crippen molar-refractivity contribution in [3.05, 3.63) is 70.3 Å². The van der Waals surface area contributed by atoms with Crippen molar-refractivity contribution in [2.24, 2.45) is 0 Å². The first-order chi connectivity index (χ1) is 13.1. The van der Waals surface area contributed by atoms with E-state index < -0.39 is 11.8 Å². The number of H-pyrrole nitrogens is 1. The van der Waals surface area contributed by atoms with Gasteiger partial charge in [0.05, 0.1) is 7.11 Å². The molecule has 3 rings (SSSR count). The van der Waals surface area contributed by atoms with Gasteiger partial charge < -0.3 is 18.9 Å². The molecule has 0 radical (unpaired) electrons. The van der Waals surface area contributed by atoms with Crippen LogP contribution in [-0.2, 0) is 6.61 Å². The van der Waals surface area contributed by atoms with Gasteiger partial charge in [-0.1, -0.05) is 12.1 Å². The van der Waals surface area contributed by atoms with E-state index in [1.165, 1.54) is 6.07 Å². The number of furan rings is 1. The summed E-state index contributed by atoms with van der Waals surface area (Å²) in [5.74, 6) is 0.581. The predicted octanol–water partition coefficient (Wildman–Crippen LogP) is 3.03. The minimum absolute atomic E-state index is 0.0431. The zero-order valence-corrected chi connectivity index (χ0v) is 15.8. The van der Waals surface area contributed by atoms with E-state index in [-0.39, 0.29) is 12.4 Å². The summed E-state index contributed by atoms with van der Waals surface area (Å²) in [5, 5.41) is 0. The quantitative estimate of drug-likeness (QED) is 0.518. The van der Waals surface area contributed by atoms with Crippen molar-refractivity contribution in [3.63, 3.8) is 0 Å². The van der Waals surface area contributed by atoms with Crippen LogP contribution in [0.5, 0.6) is 11.5 Å². The highest BCUT2D eigenvalue weighted by Crippen LogP contribution is 2.26. The second kappa shape index (κ2) is 8.45. The van der Waals surface area contributed by atoms with Crippen molar-refractivity contribution in [2.75, 3.05) is 7.11 Å². The molecule has 2 amide bonds. The molecular formula is C18H16BrN3O5. The molecule has 27 heavy (non-hydrogen) atoms. The van der Waals surface area contributed by atoms with Crippen LogP contribution in [0.3, 0.4) is 0 Å². The second-order valence-corrected chi connectivity index (χ2v) is 6.26. The van der Waals surface area contributed by atoms with Gasteiger partial charge in [-0.25, -0.2) is 0 Å². The van der Waals surface area contributed by atoms with Gasteiger partial charge in [0.25, 0.3) is 5.91 Å². The van der Waals surface area contributed by atoms with Gasteiger partial charge in [-0.05, 0) is 46.3 Å². The molecule has 140 valence electrons. The van der Waals surface area contributed by atoms with Crippen molar-refractivity contribution in [3.8, 4) is 11.5 Å². The summed E-state index contributed by atoms with van der Waals surface area (Å²) in [4.78, 5) is 26.7. The Morgan fingerprint density at radius 1 is 1.11 bits per heavy atom. The average molecular weight is 434 g/mol. The van der Waals surface area contributed by atoms with E-state index in [9.17, 15) is 9.59 Å². The number of hydrogen-bond donors (Lipinski definition) is 3. The molecule has 0 unspecified atom stereocenters. The number of hydrogen-bond acceptors (Lipinski definition) is 5. The first kappa shape index (κ1) is 18.6. The highest BCUT2D eigenvalue weighted by Gasteiger charge is 2.14. The van der Waals surface area contributed by atoms with E-state index in [0.29, 0.717) is 23.0 Å². The van der Waals surface area contributed by atoms with Gasteiger partial charge in [0.2, 0.25) is 0 Å². The van der Waals surface area contributed by atoms with Crippen molar-refractivity contribution in [1.29, 1.82) is 0 Å². The van der Waals surface area contributed by atoms with Crippen molar-refractivity contribution < 1.29 is 23.5 Å². The molecule has 0 aliphatic heterocycles. The number of benzene rings is 1. The minimum atomic E-state index is -0.586. The number of halogens is 1. The summed E-state index contributed by atoms with van der Waals surface area (Å²) in [7, 11) is 1.55. The van der Waals surface area contributed by atoms with Gasteiger partial charge in [-0.2, -0.15) is 0 Å². The fourth-order valence-corrected chi connectivity index (χ4v) is 2.55. The summed E-state index contributed by atoms with van der Waals surface area (Å²) in [5.41, 5.74) is 4.88. The van der Waals surface area contributed by atoms with Crippen LogP contribution in [0.15, 0.2) is 57.6 Å². The van der Waals surface area contributed by atoms with Gasteiger partial charge >= 0.3 is 5.91 Å². The molecule has 2 aromatic heterocycles. The molecule has 0 fully saturated rings. The number of carbonyl (C=O) groups excluding carboxylic acids is 2. The van der Waals surface area contributed by atoms with Crippen LogP contribution in [0.1, 0.15) is 26.8 Å². The van der Waals surface area contributed by atoms with E-state index >= 15 is 0 Å². The molecule has 9 heteroatoms. The Morgan fingerprint density at radius 2 is 1.85 bits per heavy atom. The lowest BCUT2D eigenvalue weighted by molar-refractivity contribution is 0.0826. The fourth-order valence-electron chi connectivity index (χ4n) is 2.21. The van der Waals surface area contributed by atoms with Crippen LogP contribution < -0.4 is 20.3 Å². The highest BCUT2D eigenvalue weighted by atomic mass is 79.9. The Morgan fingerprint density at radius 3 is 2.56 bits per heavy atom. The topological polar surface area (TPSA) is 106 Å². The molecule has 2 heterocycles. The van der Waals surface area contributed by atoms with E-state index in [4.69, 9.17) is 13.9 Å². The number of aromatic nitrogens is 1. The normalized spacial score (nSPS) is 10.3. The molecule has 0 atom stereocenters. The Balaban J connectivity index is 1.53. The number of hydrazine groups is 1. The lowest BCUT2D eigenvalue weighted by Gasteiger charge is -2.08. The van der Waals surface area contributed by atoms with Crippen LogP contribution >= 0.6 is 15.9 Å². The first-order valence-corrected chi connectivity index (χ1v) is 8.65. The SMILES string of the molecule is COc1ccccc1OCc1ccc(C(=O)NNC(=O)c2cc(Br)c[nH]2)o1. The van der Waals surface area contributed by atoms with E-state index in [2.05, 4.69) is 31.8 Å². The Labute approximate surface area is 162 Å². The highest BCUT2D eigenvalue weighted by molar-refractivity contribution is 9.10. The Hall–Kier alpha value is -3.20. The summed E-state index contributed by atoms with van der Waals surface area (Å²) in [6.45, 7) is 0.122. The zero-order valence-electron chi connectivity index (χ0n) is 14.2. The van der Waals surface area contributed by atoms with Crippen molar-refractivity contribution in [2.45, 2.75) is 6.61 Å². The molecule has 1 aromatic carbocycles. The van der Waals surface area contributed by atoms with Gasteiger partial charge in [0.1, 0.15) is 18.1 Å². The molecule has 0 aliphatic carbocycles. The summed E-state index contributed by atoms with van der Waals surface area (Å²) in [6.07, 6.45) is 1.61. The third-order valence-electron chi connectivity index (χ3n) is 3.51. The second-order valence-electron chi connectivity index (χ2n) is 5.35. The third kappa shape index (κ3) is 4.70. The van der Waals surface area contributed by atoms with Crippen LogP contribution in [0.4, 0.5) is 0 Å². The molecule has 0 aliphatic rings. The molecule has 8 nitrogen and oxygen atoms in total. The van der Waals surface area contributed by atoms with Crippen LogP contribution in [0.25, 0.3) is 0 Å². The van der Waals surface area contributed by atoms with Crippen molar-refractivity contribution >= 4 is 27.7 Å². The standard InChI is InChI=1S/C18H16BrN3O5/c1-25-14-4-2-3-5-15(14)26-10-12-6-7-16(27-12)18(24)22-21-17(23)13-8-11(19)9-20-13/h2-9,20H,10H2,1H3,(H,21,23)(H,22,24). The number of carbonyl (C=O) groups is 2. The van der Waals surface area contributed by atoms with Gasteiger partial charge in [-0.3, -0.25) is 20.4 Å². The Kier molecular flexibility index (Phi) is 5.82. The average Bonchev–Trinajstić information content (AvgIpc) is 3.33. The smallest absolute Gasteiger partial charge is 0.305 e. The van der Waals surface area contributed by atoms with E-state index in [1.54, 1.807) is 37.6 Å². The molecule has 0 spiro atoms. The maximum Gasteiger partial charge on any atom is 0.305 e. The van der Waals surface area contributed by atoms with E-state index in [1.807, 2.05) is 12.1 Å². The molecule has 3 aromatic rings. The maximum atomic E-state index is 12.1. The lowest BCUT2D eigenvalue weighted by atomic mass is 10.3. The number of ether oxygens (including phenoxy) is 2. The fraction of sp³-hybridized carbons (Fsp3) is 0.111. The van der Waals surface area contributed by atoms with Crippen molar-refractivity contribution in [1.82, 2.24) is 15.8 Å². The summed E-state index contributed by atoms with van der Waals surface area (Å²) >= 11 is 3.23. The molecular weight excluding hydrogens is 418 g/mol. The van der Waals surface area contributed by atoms with Crippen LogP contribution in [0.2, 0.25) is 0 Å². The summed E-state index contributed by atoms with van der Waals surface area (Å²) < 4.78 is 17.0. The third-order valence-corrected chi connectivity index (χ3v) is 3.96. The van der Waals surface area contributed by atoms with Gasteiger partial charge in [0.15, 0.2) is 17.3 Å². The lowest BCUT2D eigenvalue weighted by Crippen LogP contribution is -2.41. The Bertz CT molecular complexity index is 950. The molecule has 3 N–H and O–H groups in total. The predicted molar refractivity (Wildman–Crippen MR) is 99.5 cm³/mol.